The van der Waals surface area contributed by atoms with Crippen molar-refractivity contribution in [1.82, 2.24) is 4.90 Å². The molecule has 0 radical (unpaired) electrons. The second kappa shape index (κ2) is 6.99. The predicted octanol–water partition coefficient (Wildman–Crippen LogP) is 3.63. The Labute approximate surface area is 120 Å². The minimum Gasteiger partial charge on any atom is -0.339 e. The van der Waals surface area contributed by atoms with Crippen LogP contribution in [0.2, 0.25) is 0 Å². The molecule has 1 heterocycles. The van der Waals surface area contributed by atoms with E-state index in [1.807, 2.05) is 0 Å². The van der Waals surface area contributed by atoms with E-state index >= 15 is 0 Å². The molecular weight excluding hydrogens is 254 g/mol. The Morgan fingerprint density at radius 3 is 2.89 bits per heavy atom. The summed E-state index contributed by atoms with van der Waals surface area (Å²) >= 11 is 1.73. The van der Waals surface area contributed by atoms with Gasteiger partial charge in [-0.15, -0.1) is 11.8 Å². The van der Waals surface area contributed by atoms with E-state index in [0.717, 1.165) is 18.7 Å². The topological polar surface area (TPSA) is 20.3 Å². The van der Waals surface area contributed by atoms with Crippen LogP contribution in [0.1, 0.15) is 37.3 Å². The molecule has 2 rings (SSSR count). The number of rotatable bonds is 4. The predicted molar refractivity (Wildman–Crippen MR) is 82.4 cm³/mol. The van der Waals surface area contributed by atoms with E-state index in [2.05, 4.69) is 43.0 Å². The summed E-state index contributed by atoms with van der Waals surface area (Å²) in [4.78, 5) is 14.3. The summed E-state index contributed by atoms with van der Waals surface area (Å²) in [5.41, 5.74) is 2.65. The Morgan fingerprint density at radius 1 is 1.37 bits per heavy atom. The van der Waals surface area contributed by atoms with Gasteiger partial charge in [-0.25, -0.2) is 0 Å². The molecule has 3 heteroatoms. The highest BCUT2D eigenvalue weighted by atomic mass is 32.2. The van der Waals surface area contributed by atoms with Crippen LogP contribution in [0, 0.1) is 6.92 Å². The molecule has 1 fully saturated rings. The maximum Gasteiger partial charge on any atom is 0.232 e. The summed E-state index contributed by atoms with van der Waals surface area (Å²) < 4.78 is 0. The van der Waals surface area contributed by atoms with Crippen LogP contribution in [-0.4, -0.2) is 29.1 Å². The first-order valence-corrected chi connectivity index (χ1v) is 8.25. The number of likely N-dealkylation sites (tertiary alicyclic amines) is 1. The van der Waals surface area contributed by atoms with E-state index in [4.69, 9.17) is 0 Å². The fourth-order valence-electron chi connectivity index (χ4n) is 2.57. The fraction of sp³-hybridized carbons (Fsp3) is 0.562. The van der Waals surface area contributed by atoms with Crippen molar-refractivity contribution in [3.8, 4) is 0 Å². The van der Waals surface area contributed by atoms with E-state index in [-0.39, 0.29) is 0 Å². The zero-order chi connectivity index (χ0) is 13.7. The maximum absolute atomic E-state index is 12.2. The number of nitrogens with zero attached hydrogens (tertiary/aromatic N) is 1. The molecule has 1 aromatic rings. The molecule has 0 bridgehead atoms. The highest BCUT2D eigenvalue weighted by molar-refractivity contribution is 7.99. The molecule has 0 spiro atoms. The summed E-state index contributed by atoms with van der Waals surface area (Å²) in [7, 11) is 0. The van der Waals surface area contributed by atoms with Crippen molar-refractivity contribution in [2.45, 2.75) is 44.9 Å². The lowest BCUT2D eigenvalue weighted by Crippen LogP contribution is -2.42. The number of hydrogen-bond donors (Lipinski definition) is 0. The molecular formula is C16H23NOS. The molecule has 1 aliphatic heterocycles. The van der Waals surface area contributed by atoms with Gasteiger partial charge in [-0.05, 0) is 44.2 Å². The van der Waals surface area contributed by atoms with Gasteiger partial charge in [-0.2, -0.15) is 0 Å². The highest BCUT2D eigenvalue weighted by Crippen LogP contribution is 2.20. The lowest BCUT2D eigenvalue weighted by molar-refractivity contribution is -0.131. The van der Waals surface area contributed by atoms with Crippen molar-refractivity contribution < 1.29 is 4.79 Å². The number of thioether (sulfide) groups is 1. The SMILES string of the molecule is Cc1ccccc1CSCC(=O)N1CCCCC1C. The van der Waals surface area contributed by atoms with Crippen LogP contribution < -0.4 is 0 Å². The monoisotopic (exact) mass is 277 g/mol. The van der Waals surface area contributed by atoms with Crippen LogP contribution in [0.5, 0.6) is 0 Å². The first-order valence-electron chi connectivity index (χ1n) is 7.10. The molecule has 1 aromatic carbocycles. The van der Waals surface area contributed by atoms with E-state index < -0.39 is 0 Å². The molecule has 1 unspecified atom stereocenters. The number of carbonyl (C=O) groups is 1. The van der Waals surface area contributed by atoms with Crippen molar-refractivity contribution in [3.63, 3.8) is 0 Å². The van der Waals surface area contributed by atoms with Crippen molar-refractivity contribution in [1.29, 1.82) is 0 Å². The lowest BCUT2D eigenvalue weighted by atomic mass is 10.0. The number of hydrogen-bond acceptors (Lipinski definition) is 2. The van der Waals surface area contributed by atoms with Crippen molar-refractivity contribution in [2.24, 2.45) is 0 Å². The summed E-state index contributed by atoms with van der Waals surface area (Å²) in [5, 5.41) is 0. The second-order valence-corrected chi connectivity index (χ2v) is 6.34. The lowest BCUT2D eigenvalue weighted by Gasteiger charge is -2.33. The van der Waals surface area contributed by atoms with E-state index in [1.54, 1.807) is 11.8 Å². The van der Waals surface area contributed by atoms with Gasteiger partial charge in [0.05, 0.1) is 5.75 Å². The van der Waals surface area contributed by atoms with Gasteiger partial charge in [-0.3, -0.25) is 4.79 Å². The zero-order valence-electron chi connectivity index (χ0n) is 11.9. The molecule has 1 amide bonds. The minimum atomic E-state index is 0.311. The first-order chi connectivity index (χ1) is 9.18. The van der Waals surface area contributed by atoms with Crippen molar-refractivity contribution in [2.75, 3.05) is 12.3 Å². The molecule has 1 atom stereocenters. The molecule has 19 heavy (non-hydrogen) atoms. The van der Waals surface area contributed by atoms with Crippen molar-refractivity contribution in [3.05, 3.63) is 35.4 Å². The minimum absolute atomic E-state index is 0.311. The summed E-state index contributed by atoms with van der Waals surface area (Å²) in [5.74, 6) is 1.85. The van der Waals surface area contributed by atoms with Gasteiger partial charge in [0, 0.05) is 18.3 Å². The Balaban J connectivity index is 1.79. The number of carbonyl (C=O) groups excluding carboxylic acids is 1. The molecule has 0 aliphatic carbocycles. The Bertz CT molecular complexity index is 433. The number of piperidine rings is 1. The third-order valence-electron chi connectivity index (χ3n) is 3.87. The Kier molecular flexibility index (Phi) is 5.32. The van der Waals surface area contributed by atoms with E-state index in [9.17, 15) is 4.79 Å². The molecule has 0 N–H and O–H groups in total. The van der Waals surface area contributed by atoms with Gasteiger partial charge >= 0.3 is 0 Å². The molecule has 2 nitrogen and oxygen atoms in total. The van der Waals surface area contributed by atoms with Gasteiger partial charge in [-0.1, -0.05) is 24.3 Å². The quantitative estimate of drug-likeness (QED) is 0.837. The molecule has 104 valence electrons. The Hall–Kier alpha value is -0.960. The summed E-state index contributed by atoms with van der Waals surface area (Å²) in [6.45, 7) is 5.25. The maximum atomic E-state index is 12.2. The number of aryl methyl sites for hydroxylation is 1. The highest BCUT2D eigenvalue weighted by Gasteiger charge is 2.22. The standard InChI is InChI=1S/C16H23NOS/c1-13-7-3-4-9-15(13)11-19-12-16(18)17-10-6-5-8-14(17)2/h3-4,7,9,14H,5-6,8,10-12H2,1-2H3. The largest absolute Gasteiger partial charge is 0.339 e. The normalized spacial score (nSPS) is 19.5. The molecule has 1 saturated heterocycles. The van der Waals surface area contributed by atoms with Gasteiger partial charge in [0.1, 0.15) is 0 Å². The Morgan fingerprint density at radius 2 is 2.16 bits per heavy atom. The third-order valence-corrected chi connectivity index (χ3v) is 4.83. The van der Waals surface area contributed by atoms with Gasteiger partial charge in [0.15, 0.2) is 0 Å². The van der Waals surface area contributed by atoms with Gasteiger partial charge in [0.25, 0.3) is 0 Å². The second-order valence-electron chi connectivity index (χ2n) is 5.35. The molecule has 1 aliphatic rings. The summed E-state index contributed by atoms with van der Waals surface area (Å²) in [6.07, 6.45) is 3.59. The van der Waals surface area contributed by atoms with Gasteiger partial charge < -0.3 is 4.90 Å². The average molecular weight is 277 g/mol. The third kappa shape index (κ3) is 4.00. The van der Waals surface area contributed by atoms with Crippen LogP contribution in [0.25, 0.3) is 0 Å². The number of benzene rings is 1. The first kappa shape index (κ1) is 14.4. The van der Waals surface area contributed by atoms with Crippen LogP contribution in [-0.2, 0) is 10.5 Å². The smallest absolute Gasteiger partial charge is 0.232 e. The van der Waals surface area contributed by atoms with Crippen LogP contribution >= 0.6 is 11.8 Å². The fourth-order valence-corrected chi connectivity index (χ4v) is 3.56. The van der Waals surface area contributed by atoms with E-state index in [0.29, 0.717) is 17.7 Å². The average Bonchev–Trinajstić information content (AvgIpc) is 2.41. The van der Waals surface area contributed by atoms with Crippen LogP contribution in [0.3, 0.4) is 0 Å². The molecule has 0 aromatic heterocycles. The zero-order valence-corrected chi connectivity index (χ0v) is 12.7. The summed E-state index contributed by atoms with van der Waals surface area (Å²) in [6, 6.07) is 8.84. The van der Waals surface area contributed by atoms with E-state index in [1.165, 1.54) is 24.0 Å². The van der Waals surface area contributed by atoms with Crippen LogP contribution in [0.4, 0.5) is 0 Å². The van der Waals surface area contributed by atoms with Gasteiger partial charge in [0.2, 0.25) is 5.91 Å². The number of amides is 1. The van der Waals surface area contributed by atoms with Crippen molar-refractivity contribution >= 4 is 17.7 Å². The van der Waals surface area contributed by atoms with Crippen LogP contribution in [0.15, 0.2) is 24.3 Å². The molecule has 0 saturated carbocycles.